The molecule has 0 aliphatic carbocycles. The Bertz CT molecular complexity index is 627. The fraction of sp³-hybridized carbons (Fsp3) is 0.467. The van der Waals surface area contributed by atoms with Crippen LogP contribution in [0.1, 0.15) is 16.8 Å². The standard InChI is InChI=1S/C15H19ClN4O/c16-5-9-18-6-3-7-19(11-10-18)15(21)13-12-17-20-8-2-1-4-14(13)20/h1-2,4,8,12H,3,5-7,9-11H2. The van der Waals surface area contributed by atoms with Gasteiger partial charge in [-0.2, -0.15) is 5.10 Å². The van der Waals surface area contributed by atoms with Crippen molar-refractivity contribution in [2.75, 3.05) is 38.6 Å². The number of nitrogens with zero attached hydrogens (tertiary/aromatic N) is 4. The van der Waals surface area contributed by atoms with E-state index in [-0.39, 0.29) is 5.91 Å². The van der Waals surface area contributed by atoms with E-state index in [1.807, 2.05) is 29.3 Å². The summed E-state index contributed by atoms with van der Waals surface area (Å²) in [7, 11) is 0. The van der Waals surface area contributed by atoms with E-state index in [1.54, 1.807) is 10.7 Å². The zero-order chi connectivity index (χ0) is 14.7. The number of carbonyl (C=O) groups excluding carboxylic acids is 1. The summed E-state index contributed by atoms with van der Waals surface area (Å²) in [6, 6.07) is 5.76. The second-order valence-corrected chi connectivity index (χ2v) is 5.64. The monoisotopic (exact) mass is 306 g/mol. The Morgan fingerprint density at radius 2 is 2.14 bits per heavy atom. The minimum Gasteiger partial charge on any atom is -0.337 e. The number of amides is 1. The molecule has 0 bridgehead atoms. The van der Waals surface area contributed by atoms with Crippen molar-refractivity contribution in [1.82, 2.24) is 19.4 Å². The summed E-state index contributed by atoms with van der Waals surface area (Å²) in [5.74, 6) is 0.714. The summed E-state index contributed by atoms with van der Waals surface area (Å²) in [6.07, 6.45) is 4.51. The average Bonchev–Trinajstić information content (AvgIpc) is 2.80. The van der Waals surface area contributed by atoms with Gasteiger partial charge in [-0.15, -0.1) is 11.6 Å². The summed E-state index contributed by atoms with van der Waals surface area (Å²) < 4.78 is 1.74. The van der Waals surface area contributed by atoms with Gasteiger partial charge in [0.2, 0.25) is 0 Å². The largest absolute Gasteiger partial charge is 0.337 e. The summed E-state index contributed by atoms with van der Waals surface area (Å²) in [5, 5.41) is 4.24. The third kappa shape index (κ3) is 3.04. The Morgan fingerprint density at radius 3 is 3.00 bits per heavy atom. The number of fused-ring (bicyclic) bond motifs is 1. The van der Waals surface area contributed by atoms with Gasteiger partial charge in [0.05, 0.1) is 17.3 Å². The van der Waals surface area contributed by atoms with Gasteiger partial charge in [0.25, 0.3) is 5.91 Å². The highest BCUT2D eigenvalue weighted by molar-refractivity contribution is 6.18. The Morgan fingerprint density at radius 1 is 1.24 bits per heavy atom. The molecule has 1 aliphatic rings. The Kier molecular flexibility index (Phi) is 4.41. The lowest BCUT2D eigenvalue weighted by Crippen LogP contribution is -2.35. The molecule has 5 nitrogen and oxygen atoms in total. The molecule has 1 fully saturated rings. The first-order valence-corrected chi connectivity index (χ1v) is 7.83. The zero-order valence-electron chi connectivity index (χ0n) is 11.9. The fourth-order valence-corrected chi connectivity index (χ4v) is 3.03. The van der Waals surface area contributed by atoms with Crippen LogP contribution in [-0.4, -0.2) is 63.9 Å². The second kappa shape index (κ2) is 6.45. The number of halogens is 1. The molecule has 1 aliphatic heterocycles. The van der Waals surface area contributed by atoms with Crippen molar-refractivity contribution in [3.05, 3.63) is 36.2 Å². The Labute approximate surface area is 129 Å². The van der Waals surface area contributed by atoms with Crippen molar-refractivity contribution in [1.29, 1.82) is 0 Å². The minimum absolute atomic E-state index is 0.0731. The molecule has 0 saturated carbocycles. The molecule has 112 valence electrons. The zero-order valence-corrected chi connectivity index (χ0v) is 12.7. The SMILES string of the molecule is O=C(c1cnn2ccccc12)N1CCCN(CCCl)CC1. The summed E-state index contributed by atoms with van der Waals surface area (Å²) in [4.78, 5) is 17.0. The highest BCUT2D eigenvalue weighted by atomic mass is 35.5. The van der Waals surface area contributed by atoms with Gasteiger partial charge in [-0.1, -0.05) is 6.07 Å². The molecule has 1 saturated heterocycles. The maximum atomic E-state index is 12.7. The van der Waals surface area contributed by atoms with Gasteiger partial charge in [-0.25, -0.2) is 4.52 Å². The first-order chi connectivity index (χ1) is 10.3. The smallest absolute Gasteiger partial charge is 0.257 e. The van der Waals surface area contributed by atoms with Gasteiger partial charge in [-0.05, 0) is 25.1 Å². The van der Waals surface area contributed by atoms with E-state index < -0.39 is 0 Å². The second-order valence-electron chi connectivity index (χ2n) is 5.27. The lowest BCUT2D eigenvalue weighted by atomic mass is 10.2. The molecule has 6 heteroatoms. The number of rotatable bonds is 3. The molecular weight excluding hydrogens is 288 g/mol. The van der Waals surface area contributed by atoms with Gasteiger partial charge < -0.3 is 9.80 Å². The molecule has 0 unspecified atom stereocenters. The van der Waals surface area contributed by atoms with Crippen LogP contribution in [0.2, 0.25) is 0 Å². The van der Waals surface area contributed by atoms with Crippen LogP contribution in [0, 0.1) is 0 Å². The summed E-state index contributed by atoms with van der Waals surface area (Å²) in [5.41, 5.74) is 1.55. The number of hydrogen-bond donors (Lipinski definition) is 0. The number of carbonyl (C=O) groups is 1. The summed E-state index contributed by atoms with van der Waals surface area (Å²) in [6.45, 7) is 4.32. The number of pyridine rings is 1. The van der Waals surface area contributed by atoms with Crippen molar-refractivity contribution < 1.29 is 4.79 Å². The highest BCUT2D eigenvalue weighted by Gasteiger charge is 2.22. The molecule has 3 rings (SSSR count). The van der Waals surface area contributed by atoms with Crippen molar-refractivity contribution in [2.24, 2.45) is 0 Å². The van der Waals surface area contributed by atoms with Crippen LogP contribution in [0.25, 0.3) is 5.52 Å². The van der Waals surface area contributed by atoms with Gasteiger partial charge >= 0.3 is 0 Å². The topological polar surface area (TPSA) is 40.9 Å². The molecule has 0 aromatic carbocycles. The summed E-state index contributed by atoms with van der Waals surface area (Å²) >= 11 is 5.80. The molecule has 1 amide bonds. The van der Waals surface area contributed by atoms with Crippen LogP contribution in [-0.2, 0) is 0 Å². The molecule has 2 aromatic heterocycles. The van der Waals surface area contributed by atoms with Crippen molar-refractivity contribution in [3.63, 3.8) is 0 Å². The number of hydrogen-bond acceptors (Lipinski definition) is 3. The fourth-order valence-electron chi connectivity index (χ4n) is 2.79. The van der Waals surface area contributed by atoms with Gasteiger partial charge in [0.1, 0.15) is 0 Å². The normalized spacial score (nSPS) is 17.1. The average molecular weight is 307 g/mol. The third-order valence-corrected chi connectivity index (χ3v) is 4.10. The predicted octanol–water partition coefficient (Wildman–Crippen LogP) is 1.72. The minimum atomic E-state index is 0.0731. The van der Waals surface area contributed by atoms with Crippen molar-refractivity contribution in [2.45, 2.75) is 6.42 Å². The van der Waals surface area contributed by atoms with Crippen molar-refractivity contribution >= 4 is 23.0 Å². The quantitative estimate of drug-likeness (QED) is 0.811. The lowest BCUT2D eigenvalue weighted by Gasteiger charge is -2.21. The molecule has 0 atom stereocenters. The van der Waals surface area contributed by atoms with E-state index >= 15 is 0 Å². The van der Waals surface area contributed by atoms with E-state index in [9.17, 15) is 4.79 Å². The highest BCUT2D eigenvalue weighted by Crippen LogP contribution is 2.14. The molecular formula is C15H19ClN4O. The molecule has 2 aromatic rings. The third-order valence-electron chi connectivity index (χ3n) is 3.93. The number of alkyl halides is 1. The predicted molar refractivity (Wildman–Crippen MR) is 82.9 cm³/mol. The number of aromatic nitrogens is 2. The maximum Gasteiger partial charge on any atom is 0.257 e. The Hall–Kier alpha value is -1.59. The first-order valence-electron chi connectivity index (χ1n) is 7.29. The molecule has 0 radical (unpaired) electrons. The van der Waals surface area contributed by atoms with Gasteiger partial charge in [0.15, 0.2) is 0 Å². The van der Waals surface area contributed by atoms with Crippen LogP contribution < -0.4 is 0 Å². The van der Waals surface area contributed by atoms with Crippen LogP contribution >= 0.6 is 11.6 Å². The van der Waals surface area contributed by atoms with Crippen LogP contribution in [0.5, 0.6) is 0 Å². The molecule has 0 N–H and O–H groups in total. The van der Waals surface area contributed by atoms with E-state index in [2.05, 4.69) is 10.00 Å². The lowest BCUT2D eigenvalue weighted by molar-refractivity contribution is 0.0763. The first kappa shape index (κ1) is 14.4. The Balaban J connectivity index is 1.76. The van der Waals surface area contributed by atoms with E-state index in [0.717, 1.165) is 44.7 Å². The van der Waals surface area contributed by atoms with Gasteiger partial charge in [0, 0.05) is 38.3 Å². The molecule has 21 heavy (non-hydrogen) atoms. The molecule has 3 heterocycles. The van der Waals surface area contributed by atoms with E-state index in [1.165, 1.54) is 0 Å². The molecule has 0 spiro atoms. The van der Waals surface area contributed by atoms with Gasteiger partial charge in [-0.3, -0.25) is 4.79 Å². The van der Waals surface area contributed by atoms with Crippen molar-refractivity contribution in [3.8, 4) is 0 Å². The maximum absolute atomic E-state index is 12.7. The van der Waals surface area contributed by atoms with E-state index in [4.69, 9.17) is 11.6 Å². The van der Waals surface area contributed by atoms with Crippen LogP contribution in [0.4, 0.5) is 0 Å². The van der Waals surface area contributed by atoms with E-state index in [0.29, 0.717) is 11.4 Å². The van der Waals surface area contributed by atoms with Crippen LogP contribution in [0.15, 0.2) is 30.6 Å². The van der Waals surface area contributed by atoms with Crippen LogP contribution in [0.3, 0.4) is 0 Å².